The van der Waals surface area contributed by atoms with E-state index in [0.717, 1.165) is 13.1 Å². The molecule has 0 saturated carbocycles. The van der Waals surface area contributed by atoms with E-state index in [1.54, 1.807) is 0 Å². The summed E-state index contributed by atoms with van der Waals surface area (Å²) in [5.41, 5.74) is 2.78. The standard InChI is InChI=1S/C17H24N2/c1-13-5-7-16-10-14(6-8-15(16)9-13)11-19-12-17(2,3)18-4/h5-10,18-19H,11-12H2,1-4H3. The van der Waals surface area contributed by atoms with Crippen LogP contribution in [-0.2, 0) is 6.54 Å². The number of benzene rings is 2. The van der Waals surface area contributed by atoms with Crippen molar-refractivity contribution >= 4 is 10.8 Å². The van der Waals surface area contributed by atoms with E-state index in [1.807, 2.05) is 7.05 Å². The molecule has 0 bridgehead atoms. The molecule has 0 spiro atoms. The maximum Gasteiger partial charge on any atom is 0.0246 e. The van der Waals surface area contributed by atoms with Gasteiger partial charge in [-0.25, -0.2) is 0 Å². The third kappa shape index (κ3) is 3.79. The molecule has 2 nitrogen and oxygen atoms in total. The van der Waals surface area contributed by atoms with Crippen molar-refractivity contribution in [3.8, 4) is 0 Å². The van der Waals surface area contributed by atoms with Crippen LogP contribution >= 0.6 is 0 Å². The molecule has 0 aliphatic rings. The first-order valence-corrected chi connectivity index (χ1v) is 6.89. The van der Waals surface area contributed by atoms with Crippen molar-refractivity contribution in [1.29, 1.82) is 0 Å². The van der Waals surface area contributed by atoms with Crippen LogP contribution < -0.4 is 10.6 Å². The molecule has 0 unspecified atom stereocenters. The average molecular weight is 256 g/mol. The van der Waals surface area contributed by atoms with Gasteiger partial charge in [0.1, 0.15) is 0 Å². The van der Waals surface area contributed by atoms with Gasteiger partial charge in [0.15, 0.2) is 0 Å². The molecule has 0 atom stereocenters. The average Bonchev–Trinajstić information content (AvgIpc) is 2.39. The van der Waals surface area contributed by atoms with Crippen molar-refractivity contribution in [1.82, 2.24) is 10.6 Å². The molecule has 2 aromatic carbocycles. The van der Waals surface area contributed by atoms with E-state index in [4.69, 9.17) is 0 Å². The normalized spacial score (nSPS) is 12.0. The van der Waals surface area contributed by atoms with Crippen LogP contribution in [0.4, 0.5) is 0 Å². The lowest BCUT2D eigenvalue weighted by molar-refractivity contribution is 0.393. The Morgan fingerprint density at radius 1 is 1.00 bits per heavy atom. The summed E-state index contributed by atoms with van der Waals surface area (Å²) in [6.45, 7) is 8.39. The SMILES string of the molecule is CNC(C)(C)CNCc1ccc2cc(C)ccc2c1. The number of likely N-dealkylation sites (N-methyl/N-ethyl adjacent to an activating group) is 1. The summed E-state index contributed by atoms with van der Waals surface area (Å²) in [6.07, 6.45) is 0. The first-order valence-electron chi connectivity index (χ1n) is 6.89. The topological polar surface area (TPSA) is 24.1 Å². The third-order valence-electron chi connectivity index (χ3n) is 3.63. The molecule has 0 fully saturated rings. The van der Waals surface area contributed by atoms with Crippen LogP contribution in [0, 0.1) is 6.92 Å². The highest BCUT2D eigenvalue weighted by molar-refractivity contribution is 5.83. The van der Waals surface area contributed by atoms with Crippen LogP contribution in [-0.4, -0.2) is 19.1 Å². The van der Waals surface area contributed by atoms with Crippen molar-refractivity contribution in [2.24, 2.45) is 0 Å². The fraction of sp³-hybridized carbons (Fsp3) is 0.412. The summed E-state index contributed by atoms with van der Waals surface area (Å²) in [6, 6.07) is 13.3. The van der Waals surface area contributed by atoms with Crippen LogP contribution in [0.2, 0.25) is 0 Å². The molecule has 0 amide bonds. The predicted molar refractivity (Wildman–Crippen MR) is 83.5 cm³/mol. The van der Waals surface area contributed by atoms with Gasteiger partial charge in [0.2, 0.25) is 0 Å². The van der Waals surface area contributed by atoms with E-state index in [1.165, 1.54) is 21.9 Å². The first-order chi connectivity index (χ1) is 9.00. The zero-order valence-electron chi connectivity index (χ0n) is 12.4. The van der Waals surface area contributed by atoms with Crippen molar-refractivity contribution in [2.75, 3.05) is 13.6 Å². The van der Waals surface area contributed by atoms with E-state index in [-0.39, 0.29) is 5.54 Å². The van der Waals surface area contributed by atoms with Gasteiger partial charge in [-0.2, -0.15) is 0 Å². The molecule has 2 aromatic rings. The van der Waals surface area contributed by atoms with E-state index in [0.29, 0.717) is 0 Å². The minimum atomic E-state index is 0.133. The molecule has 19 heavy (non-hydrogen) atoms. The molecule has 2 N–H and O–H groups in total. The largest absolute Gasteiger partial charge is 0.314 e. The molecular weight excluding hydrogens is 232 g/mol. The lowest BCUT2D eigenvalue weighted by atomic mass is 10.0. The van der Waals surface area contributed by atoms with Crippen LogP contribution in [0.3, 0.4) is 0 Å². The summed E-state index contributed by atoms with van der Waals surface area (Å²) >= 11 is 0. The second kappa shape index (κ2) is 5.72. The molecule has 0 radical (unpaired) electrons. The third-order valence-corrected chi connectivity index (χ3v) is 3.63. The summed E-state index contributed by atoms with van der Waals surface area (Å²) in [7, 11) is 2.00. The van der Waals surface area contributed by atoms with Gasteiger partial charge in [-0.1, -0.05) is 35.9 Å². The Morgan fingerprint density at radius 2 is 1.68 bits per heavy atom. The lowest BCUT2D eigenvalue weighted by Gasteiger charge is -2.24. The number of hydrogen-bond acceptors (Lipinski definition) is 2. The molecule has 0 aliphatic heterocycles. The molecule has 2 heteroatoms. The van der Waals surface area contributed by atoms with E-state index < -0.39 is 0 Å². The highest BCUT2D eigenvalue weighted by Gasteiger charge is 2.13. The molecule has 0 saturated heterocycles. The van der Waals surface area contributed by atoms with E-state index in [2.05, 4.69) is 67.8 Å². The number of hydrogen-bond donors (Lipinski definition) is 2. The van der Waals surface area contributed by atoms with Gasteiger partial charge in [0.05, 0.1) is 0 Å². The first kappa shape index (κ1) is 14.0. The van der Waals surface area contributed by atoms with Gasteiger partial charge in [0, 0.05) is 18.6 Å². The Kier molecular flexibility index (Phi) is 4.23. The van der Waals surface area contributed by atoms with Crippen molar-refractivity contribution in [3.63, 3.8) is 0 Å². The second-order valence-corrected chi connectivity index (χ2v) is 5.92. The van der Waals surface area contributed by atoms with Gasteiger partial charge >= 0.3 is 0 Å². The zero-order chi connectivity index (χ0) is 13.9. The minimum absolute atomic E-state index is 0.133. The van der Waals surface area contributed by atoms with E-state index >= 15 is 0 Å². The van der Waals surface area contributed by atoms with Crippen molar-refractivity contribution < 1.29 is 0 Å². The molecule has 0 heterocycles. The van der Waals surface area contributed by atoms with Crippen LogP contribution in [0.5, 0.6) is 0 Å². The van der Waals surface area contributed by atoms with Gasteiger partial charge in [0.25, 0.3) is 0 Å². The summed E-state index contributed by atoms with van der Waals surface area (Å²) in [5, 5.41) is 9.44. The Balaban J connectivity index is 2.04. The Hall–Kier alpha value is -1.38. The van der Waals surface area contributed by atoms with Gasteiger partial charge < -0.3 is 10.6 Å². The van der Waals surface area contributed by atoms with Crippen LogP contribution in [0.1, 0.15) is 25.0 Å². The summed E-state index contributed by atoms with van der Waals surface area (Å²) < 4.78 is 0. The number of fused-ring (bicyclic) bond motifs is 1. The zero-order valence-corrected chi connectivity index (χ0v) is 12.4. The van der Waals surface area contributed by atoms with Gasteiger partial charge in [-0.15, -0.1) is 0 Å². The lowest BCUT2D eigenvalue weighted by Crippen LogP contribution is -2.45. The van der Waals surface area contributed by atoms with Gasteiger partial charge in [-0.05, 0) is 50.2 Å². The van der Waals surface area contributed by atoms with Crippen LogP contribution in [0.25, 0.3) is 10.8 Å². The second-order valence-electron chi connectivity index (χ2n) is 5.92. The Labute approximate surface area is 116 Å². The maximum atomic E-state index is 3.51. The monoisotopic (exact) mass is 256 g/mol. The number of rotatable bonds is 5. The Morgan fingerprint density at radius 3 is 2.42 bits per heavy atom. The highest BCUT2D eigenvalue weighted by atomic mass is 15.0. The number of nitrogens with one attached hydrogen (secondary N) is 2. The summed E-state index contributed by atoms with van der Waals surface area (Å²) in [4.78, 5) is 0. The molecule has 2 rings (SSSR count). The Bertz CT molecular complexity index is 558. The van der Waals surface area contributed by atoms with Gasteiger partial charge in [-0.3, -0.25) is 0 Å². The summed E-state index contributed by atoms with van der Waals surface area (Å²) in [5.74, 6) is 0. The van der Waals surface area contributed by atoms with Crippen molar-refractivity contribution in [3.05, 3.63) is 47.5 Å². The maximum absolute atomic E-state index is 3.51. The fourth-order valence-electron chi connectivity index (χ4n) is 2.13. The van der Waals surface area contributed by atoms with Crippen molar-refractivity contribution in [2.45, 2.75) is 32.9 Å². The molecular formula is C17H24N2. The number of aryl methyl sites for hydroxylation is 1. The molecule has 0 aliphatic carbocycles. The van der Waals surface area contributed by atoms with Crippen LogP contribution in [0.15, 0.2) is 36.4 Å². The molecule has 102 valence electrons. The smallest absolute Gasteiger partial charge is 0.0246 e. The van der Waals surface area contributed by atoms with E-state index in [9.17, 15) is 0 Å². The quantitative estimate of drug-likeness (QED) is 0.858. The predicted octanol–water partition coefficient (Wildman–Crippen LogP) is 3.24. The highest BCUT2D eigenvalue weighted by Crippen LogP contribution is 2.17. The minimum Gasteiger partial charge on any atom is -0.314 e. The molecule has 0 aromatic heterocycles. The fourth-order valence-corrected chi connectivity index (χ4v) is 2.13.